The summed E-state index contributed by atoms with van der Waals surface area (Å²) in [6, 6.07) is 24.9. The fourth-order valence-electron chi connectivity index (χ4n) is 3.23. The minimum atomic E-state index is -0.399. The number of nitrogens with zero attached hydrogens (tertiary/aromatic N) is 1. The fourth-order valence-corrected chi connectivity index (χ4v) is 4.16. The van der Waals surface area contributed by atoms with Crippen LogP contribution < -0.4 is 10.7 Å². The highest BCUT2D eigenvalue weighted by Gasteiger charge is 2.16. The molecule has 144 valence electrons. The van der Waals surface area contributed by atoms with Crippen molar-refractivity contribution in [3.63, 3.8) is 0 Å². The zero-order chi connectivity index (χ0) is 20.2. The van der Waals surface area contributed by atoms with Gasteiger partial charge >= 0.3 is 0 Å². The Labute approximate surface area is 173 Å². The molecule has 0 atom stereocenters. The van der Waals surface area contributed by atoms with Crippen molar-refractivity contribution in [1.29, 1.82) is 0 Å². The third kappa shape index (κ3) is 3.96. The number of benzene rings is 3. The van der Waals surface area contributed by atoms with Gasteiger partial charge in [-0.2, -0.15) is 0 Å². The number of nitrogens with one attached hydrogen (secondary N) is 1. The largest absolute Gasteiger partial charge is 0.347 e. The normalized spacial score (nSPS) is 10.8. The molecule has 1 aromatic heterocycles. The minimum absolute atomic E-state index is 0.144. The first-order valence-electron chi connectivity index (χ1n) is 9.43. The smallest absolute Gasteiger partial charge is 0.261 e. The molecule has 0 saturated heterocycles. The monoisotopic (exact) mass is 400 g/mol. The third-order valence-electron chi connectivity index (χ3n) is 4.68. The van der Waals surface area contributed by atoms with Crippen LogP contribution in [0.3, 0.4) is 0 Å². The van der Waals surface area contributed by atoms with Crippen molar-refractivity contribution in [1.82, 2.24) is 4.57 Å². The van der Waals surface area contributed by atoms with E-state index in [0.717, 1.165) is 15.3 Å². The van der Waals surface area contributed by atoms with Gasteiger partial charge < -0.3 is 9.88 Å². The third-order valence-corrected chi connectivity index (χ3v) is 5.76. The van der Waals surface area contributed by atoms with Gasteiger partial charge in [0.2, 0.25) is 5.43 Å². The summed E-state index contributed by atoms with van der Waals surface area (Å²) in [5, 5.41) is 3.48. The molecule has 0 bridgehead atoms. The van der Waals surface area contributed by atoms with Crippen molar-refractivity contribution in [2.75, 3.05) is 5.32 Å². The van der Waals surface area contributed by atoms with Crippen molar-refractivity contribution in [2.24, 2.45) is 0 Å². The van der Waals surface area contributed by atoms with E-state index in [1.165, 1.54) is 0 Å². The number of carbonyl (C=O) groups excluding carboxylic acids is 1. The quantitative estimate of drug-likeness (QED) is 0.486. The maximum atomic E-state index is 13.0. The van der Waals surface area contributed by atoms with Gasteiger partial charge in [-0.15, -0.1) is 0 Å². The Balaban J connectivity index is 1.69. The molecule has 29 heavy (non-hydrogen) atoms. The predicted molar refractivity (Wildman–Crippen MR) is 119 cm³/mol. The molecule has 0 radical (unpaired) electrons. The lowest BCUT2D eigenvalue weighted by atomic mass is 10.1. The standard InChI is InChI=1S/C24H20N2O2S/c1-2-26-16-19(23(27)18-12-6-8-14-21(18)26)24(28)25-20-13-7-9-15-22(20)29-17-10-4-3-5-11-17/h3-16H,2H2,1H3,(H,25,28). The number of para-hydroxylation sites is 2. The van der Waals surface area contributed by atoms with E-state index in [1.54, 1.807) is 24.0 Å². The van der Waals surface area contributed by atoms with E-state index in [2.05, 4.69) is 5.32 Å². The Kier molecular flexibility index (Phi) is 5.49. The summed E-state index contributed by atoms with van der Waals surface area (Å²) in [7, 11) is 0. The predicted octanol–water partition coefficient (Wildman–Crippen LogP) is 5.42. The highest BCUT2D eigenvalue weighted by atomic mass is 32.2. The second-order valence-electron chi connectivity index (χ2n) is 6.54. The molecule has 0 aliphatic rings. The lowest BCUT2D eigenvalue weighted by Crippen LogP contribution is -2.24. The summed E-state index contributed by atoms with van der Waals surface area (Å²) >= 11 is 1.57. The lowest BCUT2D eigenvalue weighted by Gasteiger charge is -2.13. The van der Waals surface area contributed by atoms with Gasteiger partial charge in [-0.25, -0.2) is 0 Å². The average molecular weight is 401 g/mol. The summed E-state index contributed by atoms with van der Waals surface area (Å²) in [4.78, 5) is 27.9. The van der Waals surface area contributed by atoms with Crippen LogP contribution in [-0.4, -0.2) is 10.5 Å². The lowest BCUT2D eigenvalue weighted by molar-refractivity contribution is 0.102. The molecule has 1 amide bonds. The highest BCUT2D eigenvalue weighted by molar-refractivity contribution is 7.99. The average Bonchev–Trinajstić information content (AvgIpc) is 2.76. The van der Waals surface area contributed by atoms with Crippen LogP contribution in [0.1, 0.15) is 17.3 Å². The Bertz CT molecular complexity index is 1230. The highest BCUT2D eigenvalue weighted by Crippen LogP contribution is 2.33. The molecule has 1 heterocycles. The number of anilines is 1. The SMILES string of the molecule is CCn1cc(C(=O)Nc2ccccc2Sc2ccccc2)c(=O)c2ccccc21. The summed E-state index contributed by atoms with van der Waals surface area (Å²) in [6.45, 7) is 2.66. The van der Waals surface area contributed by atoms with E-state index >= 15 is 0 Å². The number of carbonyl (C=O) groups is 1. The van der Waals surface area contributed by atoms with E-state index in [9.17, 15) is 9.59 Å². The Morgan fingerprint density at radius 3 is 2.41 bits per heavy atom. The van der Waals surface area contributed by atoms with E-state index in [1.807, 2.05) is 84.3 Å². The van der Waals surface area contributed by atoms with Gasteiger partial charge in [0.1, 0.15) is 5.56 Å². The van der Waals surface area contributed by atoms with E-state index in [0.29, 0.717) is 17.6 Å². The van der Waals surface area contributed by atoms with Gasteiger partial charge in [0, 0.05) is 27.9 Å². The molecule has 1 N–H and O–H groups in total. The van der Waals surface area contributed by atoms with Crippen LogP contribution in [0.2, 0.25) is 0 Å². The minimum Gasteiger partial charge on any atom is -0.347 e. The molecule has 0 spiro atoms. The summed E-state index contributed by atoms with van der Waals surface area (Å²) in [6.07, 6.45) is 1.65. The number of amides is 1. The number of fused-ring (bicyclic) bond motifs is 1. The molecule has 0 aliphatic carbocycles. The maximum Gasteiger partial charge on any atom is 0.261 e. The number of rotatable bonds is 5. The van der Waals surface area contributed by atoms with Gasteiger partial charge in [-0.1, -0.05) is 54.2 Å². The van der Waals surface area contributed by atoms with Crippen LogP contribution in [0.5, 0.6) is 0 Å². The number of pyridine rings is 1. The van der Waals surface area contributed by atoms with Crippen molar-refractivity contribution >= 4 is 34.3 Å². The Hall–Kier alpha value is -3.31. The molecular formula is C24H20N2O2S. The Morgan fingerprint density at radius 1 is 0.931 bits per heavy atom. The van der Waals surface area contributed by atoms with Crippen LogP contribution in [0, 0.1) is 0 Å². The van der Waals surface area contributed by atoms with Crippen molar-refractivity contribution in [3.8, 4) is 0 Å². The number of aromatic nitrogens is 1. The van der Waals surface area contributed by atoms with Gasteiger partial charge in [-0.05, 0) is 43.3 Å². The van der Waals surface area contributed by atoms with E-state index in [4.69, 9.17) is 0 Å². The molecule has 0 aliphatic heterocycles. The molecule has 0 unspecified atom stereocenters. The van der Waals surface area contributed by atoms with Crippen molar-refractivity contribution in [3.05, 3.63) is 101 Å². The van der Waals surface area contributed by atoms with Gasteiger partial charge in [0.05, 0.1) is 11.2 Å². The van der Waals surface area contributed by atoms with Crippen LogP contribution in [0.25, 0.3) is 10.9 Å². The Morgan fingerprint density at radius 2 is 1.62 bits per heavy atom. The zero-order valence-electron chi connectivity index (χ0n) is 16.0. The van der Waals surface area contributed by atoms with E-state index < -0.39 is 5.91 Å². The molecule has 4 aromatic rings. The number of hydrogen-bond donors (Lipinski definition) is 1. The fraction of sp³-hybridized carbons (Fsp3) is 0.0833. The topological polar surface area (TPSA) is 51.1 Å². The molecule has 0 fully saturated rings. The first-order valence-corrected chi connectivity index (χ1v) is 10.2. The molecule has 4 rings (SSSR count). The number of hydrogen-bond acceptors (Lipinski definition) is 3. The van der Waals surface area contributed by atoms with Crippen LogP contribution in [0.4, 0.5) is 5.69 Å². The number of aryl methyl sites for hydroxylation is 1. The van der Waals surface area contributed by atoms with E-state index in [-0.39, 0.29) is 11.0 Å². The summed E-state index contributed by atoms with van der Waals surface area (Å²) < 4.78 is 1.93. The summed E-state index contributed by atoms with van der Waals surface area (Å²) in [5.41, 5.74) is 1.40. The van der Waals surface area contributed by atoms with Crippen LogP contribution >= 0.6 is 11.8 Å². The molecular weight excluding hydrogens is 380 g/mol. The van der Waals surface area contributed by atoms with Gasteiger partial charge in [0.15, 0.2) is 0 Å². The molecule has 4 nitrogen and oxygen atoms in total. The van der Waals surface area contributed by atoms with Crippen molar-refractivity contribution in [2.45, 2.75) is 23.3 Å². The first kappa shape index (κ1) is 19.0. The van der Waals surface area contributed by atoms with Crippen LogP contribution in [0.15, 0.2) is 99.6 Å². The van der Waals surface area contributed by atoms with Gasteiger partial charge in [0.25, 0.3) is 5.91 Å². The summed E-state index contributed by atoms with van der Waals surface area (Å²) in [5.74, 6) is -0.399. The molecule has 0 saturated carbocycles. The van der Waals surface area contributed by atoms with Gasteiger partial charge in [-0.3, -0.25) is 9.59 Å². The molecule has 5 heteroatoms. The molecule has 3 aromatic carbocycles. The second-order valence-corrected chi connectivity index (χ2v) is 7.66. The second kappa shape index (κ2) is 8.37. The zero-order valence-corrected chi connectivity index (χ0v) is 16.8. The van der Waals surface area contributed by atoms with Crippen molar-refractivity contribution < 1.29 is 4.79 Å². The maximum absolute atomic E-state index is 13.0. The first-order chi connectivity index (χ1) is 14.2. The van der Waals surface area contributed by atoms with Crippen LogP contribution in [-0.2, 0) is 6.54 Å².